The van der Waals surface area contributed by atoms with Crippen molar-refractivity contribution in [2.75, 3.05) is 0 Å². The van der Waals surface area contributed by atoms with Crippen LogP contribution < -0.4 is 5.43 Å². The first kappa shape index (κ1) is 23.1. The molecule has 35 heavy (non-hydrogen) atoms. The van der Waals surface area contributed by atoms with Gasteiger partial charge in [-0.25, -0.2) is 23.9 Å². The third-order valence-corrected chi connectivity index (χ3v) is 6.54. The Labute approximate surface area is 202 Å². The first-order chi connectivity index (χ1) is 16.9. The van der Waals surface area contributed by atoms with Gasteiger partial charge in [0.05, 0.1) is 25.2 Å². The summed E-state index contributed by atoms with van der Waals surface area (Å²) in [4.78, 5) is 8.66. The second-order valence-electron chi connectivity index (χ2n) is 8.86. The van der Waals surface area contributed by atoms with Crippen molar-refractivity contribution in [2.45, 2.75) is 44.1 Å². The quantitative estimate of drug-likeness (QED) is 0.546. The van der Waals surface area contributed by atoms with Crippen LogP contribution in [-0.2, 0) is 18.7 Å². The average Bonchev–Trinajstić information content (AvgIpc) is 3.52. The number of halogens is 2. The Kier molecular flexibility index (Phi) is 6.27. The maximum absolute atomic E-state index is 14.9. The van der Waals surface area contributed by atoms with Crippen LogP contribution in [0.1, 0.15) is 24.5 Å². The molecule has 1 aliphatic carbocycles. The molecule has 2 N–H and O–H groups in total. The van der Waals surface area contributed by atoms with Gasteiger partial charge in [-0.2, -0.15) is 5.10 Å². The molecule has 1 unspecified atom stereocenters. The minimum atomic E-state index is -1.74. The number of hydrazine groups is 1. The van der Waals surface area contributed by atoms with Gasteiger partial charge in [0.1, 0.15) is 29.9 Å². The van der Waals surface area contributed by atoms with Crippen LogP contribution in [0.5, 0.6) is 0 Å². The fraction of sp³-hybridized carbons (Fsp3) is 0.269. The Hall–Kier alpha value is -3.69. The molecule has 9 heteroatoms. The number of fused-ring (bicyclic) bond motifs is 1. The number of hydrogen-bond donors (Lipinski definition) is 2. The van der Waals surface area contributed by atoms with E-state index in [0.29, 0.717) is 13.0 Å². The zero-order valence-electron chi connectivity index (χ0n) is 19.2. The molecule has 0 spiro atoms. The summed E-state index contributed by atoms with van der Waals surface area (Å²) in [7, 11) is 0. The van der Waals surface area contributed by atoms with Gasteiger partial charge in [-0.3, -0.25) is 4.99 Å². The summed E-state index contributed by atoms with van der Waals surface area (Å²) in [6, 6.07) is 12.6. The fourth-order valence-corrected chi connectivity index (χ4v) is 4.52. The van der Waals surface area contributed by atoms with E-state index in [1.165, 1.54) is 23.4 Å². The zero-order chi connectivity index (χ0) is 24.4. The lowest BCUT2D eigenvalue weighted by atomic mass is 9.86. The predicted molar refractivity (Wildman–Crippen MR) is 128 cm³/mol. The van der Waals surface area contributed by atoms with E-state index in [4.69, 9.17) is 4.99 Å². The number of aromatic nitrogens is 3. The highest BCUT2D eigenvalue weighted by atomic mass is 19.1. The number of aliphatic hydroxyl groups is 1. The van der Waals surface area contributed by atoms with Gasteiger partial charge < -0.3 is 10.1 Å². The van der Waals surface area contributed by atoms with E-state index in [2.05, 4.69) is 15.5 Å². The molecule has 1 aliphatic heterocycles. The number of aliphatic imine (C=N–C) groups is 1. The first-order valence-corrected chi connectivity index (χ1v) is 11.4. The lowest BCUT2D eigenvalue weighted by molar-refractivity contribution is -0.0613. The SMILES string of the molecule is C[C@@H](N1C=C2CC(=NCc3ccccc3)C=CC2N1)[C@](O)(Cn1cncn1)c1ccc(F)cc1F. The van der Waals surface area contributed by atoms with Crippen LogP contribution in [0.4, 0.5) is 8.78 Å². The Morgan fingerprint density at radius 3 is 2.80 bits per heavy atom. The maximum atomic E-state index is 14.9. The van der Waals surface area contributed by atoms with E-state index in [0.717, 1.165) is 29.0 Å². The molecule has 2 aromatic carbocycles. The monoisotopic (exact) mass is 476 g/mol. The van der Waals surface area contributed by atoms with Gasteiger partial charge in [0, 0.05) is 30.0 Å². The molecule has 180 valence electrons. The lowest BCUT2D eigenvalue weighted by Gasteiger charge is -2.40. The molecule has 0 bridgehead atoms. The largest absolute Gasteiger partial charge is 0.381 e. The topological polar surface area (TPSA) is 78.6 Å². The van der Waals surface area contributed by atoms with E-state index < -0.39 is 23.3 Å². The first-order valence-electron chi connectivity index (χ1n) is 11.4. The van der Waals surface area contributed by atoms with Crippen LogP contribution >= 0.6 is 0 Å². The minimum absolute atomic E-state index is 0.0161. The van der Waals surface area contributed by atoms with E-state index >= 15 is 0 Å². The minimum Gasteiger partial charge on any atom is -0.381 e. The van der Waals surface area contributed by atoms with Crippen molar-refractivity contribution in [1.82, 2.24) is 25.2 Å². The van der Waals surface area contributed by atoms with Gasteiger partial charge in [0.2, 0.25) is 0 Å². The Bertz CT molecular complexity index is 1270. The zero-order valence-corrected chi connectivity index (χ0v) is 19.2. The summed E-state index contributed by atoms with van der Waals surface area (Å²) < 4.78 is 29.9. The highest BCUT2D eigenvalue weighted by Crippen LogP contribution is 2.35. The summed E-state index contributed by atoms with van der Waals surface area (Å²) in [6.07, 6.45) is 9.43. The second-order valence-corrected chi connectivity index (χ2v) is 8.86. The lowest BCUT2D eigenvalue weighted by Crippen LogP contribution is -2.54. The van der Waals surface area contributed by atoms with Gasteiger partial charge in [0.15, 0.2) is 0 Å². The highest BCUT2D eigenvalue weighted by Gasteiger charge is 2.43. The highest BCUT2D eigenvalue weighted by molar-refractivity contribution is 5.98. The summed E-state index contributed by atoms with van der Waals surface area (Å²) in [6.45, 7) is 2.32. The molecular formula is C26H26F2N6O. The van der Waals surface area contributed by atoms with E-state index in [1.807, 2.05) is 48.7 Å². The van der Waals surface area contributed by atoms with Crippen molar-refractivity contribution in [1.29, 1.82) is 0 Å². The van der Waals surface area contributed by atoms with Crippen LogP contribution in [0.2, 0.25) is 0 Å². The summed E-state index contributed by atoms with van der Waals surface area (Å²) in [5.41, 5.74) is 4.82. The molecule has 3 aromatic rings. The van der Waals surface area contributed by atoms with Crippen molar-refractivity contribution >= 4 is 5.71 Å². The van der Waals surface area contributed by atoms with Crippen LogP contribution in [0.25, 0.3) is 0 Å². The molecular weight excluding hydrogens is 450 g/mol. The third kappa shape index (κ3) is 4.78. The van der Waals surface area contributed by atoms with E-state index in [-0.39, 0.29) is 18.2 Å². The van der Waals surface area contributed by atoms with Gasteiger partial charge in [-0.15, -0.1) is 0 Å². The second kappa shape index (κ2) is 9.52. The molecule has 0 saturated carbocycles. The maximum Gasteiger partial charge on any atom is 0.137 e. The molecule has 0 radical (unpaired) electrons. The van der Waals surface area contributed by atoms with E-state index in [1.54, 1.807) is 11.9 Å². The number of benzene rings is 2. The summed E-state index contributed by atoms with van der Waals surface area (Å²) in [5, 5.41) is 17.7. The van der Waals surface area contributed by atoms with Gasteiger partial charge in [-0.1, -0.05) is 42.5 Å². The van der Waals surface area contributed by atoms with Crippen molar-refractivity contribution in [2.24, 2.45) is 4.99 Å². The number of nitrogens with zero attached hydrogens (tertiary/aromatic N) is 5. The molecule has 2 aliphatic rings. The molecule has 5 rings (SSSR count). The molecule has 3 atom stereocenters. The number of allylic oxidation sites excluding steroid dienone is 1. The molecule has 0 fully saturated rings. The average molecular weight is 477 g/mol. The predicted octanol–water partition coefficient (Wildman–Crippen LogP) is 3.51. The van der Waals surface area contributed by atoms with Crippen LogP contribution in [0.15, 0.2) is 90.1 Å². The Balaban J connectivity index is 1.39. The third-order valence-electron chi connectivity index (χ3n) is 6.54. The molecule has 1 aromatic heterocycles. The smallest absolute Gasteiger partial charge is 0.137 e. The molecule has 0 saturated heterocycles. The van der Waals surface area contributed by atoms with Crippen molar-refractivity contribution in [3.05, 3.63) is 108 Å². The van der Waals surface area contributed by atoms with Crippen LogP contribution in [0.3, 0.4) is 0 Å². The Morgan fingerprint density at radius 1 is 1.23 bits per heavy atom. The summed E-state index contributed by atoms with van der Waals surface area (Å²) >= 11 is 0. The fourth-order valence-electron chi connectivity index (χ4n) is 4.52. The van der Waals surface area contributed by atoms with Gasteiger partial charge in [0.25, 0.3) is 0 Å². The van der Waals surface area contributed by atoms with Gasteiger partial charge in [-0.05, 0) is 30.2 Å². The number of nitrogens with one attached hydrogen (secondary N) is 1. The van der Waals surface area contributed by atoms with Crippen molar-refractivity contribution < 1.29 is 13.9 Å². The molecule has 0 amide bonds. The van der Waals surface area contributed by atoms with Gasteiger partial charge >= 0.3 is 0 Å². The summed E-state index contributed by atoms with van der Waals surface area (Å²) in [5.74, 6) is -1.53. The standard InChI is InChI=1S/C26H26F2N6O/c1-18(26(35,15-33-17-29-16-31-33)23-9-7-21(27)12-24(23)28)34-14-20-11-22(8-10-25(20)32-34)30-13-19-5-3-2-4-6-19/h2-10,12,14,16-18,25,32,35H,11,13,15H2,1H3/t18-,25?,26-/m1/s1. The van der Waals surface area contributed by atoms with Crippen LogP contribution in [-0.4, -0.2) is 42.7 Å². The van der Waals surface area contributed by atoms with Crippen molar-refractivity contribution in [3.8, 4) is 0 Å². The number of hydrogen-bond acceptors (Lipinski definition) is 6. The van der Waals surface area contributed by atoms with Crippen LogP contribution in [0, 0.1) is 11.6 Å². The normalized spacial score (nSPS) is 21.0. The molecule has 7 nitrogen and oxygen atoms in total. The van der Waals surface area contributed by atoms with E-state index in [9.17, 15) is 13.9 Å². The number of rotatable bonds is 7. The van der Waals surface area contributed by atoms with Crippen molar-refractivity contribution in [3.63, 3.8) is 0 Å². The molecule has 2 heterocycles. The Morgan fingerprint density at radius 2 is 2.06 bits per heavy atom.